The summed E-state index contributed by atoms with van der Waals surface area (Å²) in [6.07, 6.45) is -7.33. The Balaban J connectivity index is 4.18. The first-order valence-corrected chi connectivity index (χ1v) is 3.46. The van der Waals surface area contributed by atoms with Crippen molar-refractivity contribution >= 4 is 5.97 Å². The fourth-order valence-electron chi connectivity index (χ4n) is 0.599. The van der Waals surface area contributed by atoms with Gasteiger partial charge >= 0.3 is 5.97 Å². The van der Waals surface area contributed by atoms with E-state index in [0.717, 1.165) is 6.92 Å². The molecule has 0 aromatic heterocycles. The number of carboxylic acids is 1. The zero-order chi connectivity index (χ0) is 10.6. The molecule has 7 nitrogen and oxygen atoms in total. The number of hydrogen-bond donors (Lipinski definition) is 5. The van der Waals surface area contributed by atoms with Crippen molar-refractivity contribution < 1.29 is 35.1 Å². The summed E-state index contributed by atoms with van der Waals surface area (Å²) in [4.78, 5) is 10.3. The maximum absolute atomic E-state index is 10.3. The lowest BCUT2D eigenvalue weighted by atomic mass is 10.2. The molecule has 78 valence electrons. The Morgan fingerprint density at radius 1 is 1.23 bits per heavy atom. The van der Waals surface area contributed by atoms with Crippen molar-refractivity contribution in [3.05, 3.63) is 0 Å². The van der Waals surface area contributed by atoms with Gasteiger partial charge in [0.25, 0.3) is 0 Å². The molecule has 0 heterocycles. The van der Waals surface area contributed by atoms with E-state index in [1.54, 1.807) is 0 Å². The molecule has 0 amide bonds. The third kappa shape index (κ3) is 4.15. The highest BCUT2D eigenvalue weighted by molar-refractivity contribution is 5.72. The number of carboxylic acid groups (broad SMARTS) is 1. The van der Waals surface area contributed by atoms with Crippen LogP contribution in [0.15, 0.2) is 0 Å². The molecule has 0 bridgehead atoms. The van der Waals surface area contributed by atoms with Crippen molar-refractivity contribution in [2.45, 2.75) is 31.7 Å². The lowest BCUT2D eigenvalue weighted by Crippen LogP contribution is -2.41. The Morgan fingerprint density at radius 2 is 1.69 bits per heavy atom. The second kappa shape index (κ2) is 5.10. The molecule has 0 saturated carbocycles. The Kier molecular flexibility index (Phi) is 4.81. The van der Waals surface area contributed by atoms with Gasteiger partial charge in [-0.3, -0.25) is 0 Å². The predicted molar refractivity (Wildman–Crippen MR) is 38.4 cm³/mol. The van der Waals surface area contributed by atoms with Gasteiger partial charge in [-0.25, -0.2) is 4.79 Å². The van der Waals surface area contributed by atoms with Gasteiger partial charge < -0.3 is 30.3 Å². The van der Waals surface area contributed by atoms with Crippen LogP contribution in [0.4, 0.5) is 0 Å². The SMILES string of the molecule is C[C@H](O)C(O[C@@H](O)C(O)O)C(=O)O. The summed E-state index contributed by atoms with van der Waals surface area (Å²) in [5, 5.41) is 42.6. The number of rotatable bonds is 5. The summed E-state index contributed by atoms with van der Waals surface area (Å²) in [6.45, 7) is 1.13. The minimum atomic E-state index is -2.21. The monoisotopic (exact) mass is 196 g/mol. The summed E-state index contributed by atoms with van der Waals surface area (Å²) in [5.41, 5.74) is 0. The Morgan fingerprint density at radius 3 is 1.92 bits per heavy atom. The molecule has 0 aromatic carbocycles. The molecular formula is C6H12O7. The Bertz CT molecular complexity index is 166. The first kappa shape index (κ1) is 12.3. The van der Waals surface area contributed by atoms with E-state index in [9.17, 15) is 4.79 Å². The molecule has 0 aliphatic carbocycles. The molecule has 3 atom stereocenters. The number of aliphatic hydroxyl groups excluding tert-OH is 3. The summed E-state index contributed by atoms with van der Waals surface area (Å²) in [7, 11) is 0. The van der Waals surface area contributed by atoms with Crippen LogP contribution >= 0.6 is 0 Å². The highest BCUT2D eigenvalue weighted by Gasteiger charge is 2.29. The van der Waals surface area contributed by atoms with Crippen LogP contribution in [0.25, 0.3) is 0 Å². The number of hydrogen-bond acceptors (Lipinski definition) is 6. The van der Waals surface area contributed by atoms with E-state index in [1.165, 1.54) is 0 Å². The average molecular weight is 196 g/mol. The van der Waals surface area contributed by atoms with Crippen molar-refractivity contribution in [3.63, 3.8) is 0 Å². The van der Waals surface area contributed by atoms with Crippen molar-refractivity contribution in [2.75, 3.05) is 0 Å². The largest absolute Gasteiger partial charge is 0.479 e. The zero-order valence-corrected chi connectivity index (χ0v) is 6.86. The summed E-state index contributed by atoms with van der Waals surface area (Å²) in [6, 6.07) is 0. The normalized spacial score (nSPS) is 18.3. The molecule has 5 N–H and O–H groups in total. The van der Waals surface area contributed by atoms with Gasteiger partial charge in [-0.05, 0) is 6.92 Å². The van der Waals surface area contributed by atoms with E-state index in [-0.39, 0.29) is 0 Å². The van der Waals surface area contributed by atoms with Crippen LogP contribution in [-0.2, 0) is 9.53 Å². The fourth-order valence-corrected chi connectivity index (χ4v) is 0.599. The van der Waals surface area contributed by atoms with Gasteiger partial charge in [0.2, 0.25) is 12.6 Å². The van der Waals surface area contributed by atoms with E-state index in [4.69, 9.17) is 25.5 Å². The molecule has 1 unspecified atom stereocenters. The molecule has 0 rings (SSSR count). The fraction of sp³-hybridized carbons (Fsp3) is 0.833. The maximum Gasteiger partial charge on any atom is 0.335 e. The predicted octanol–water partition coefficient (Wildman–Crippen LogP) is -2.53. The highest BCUT2D eigenvalue weighted by atomic mass is 16.7. The van der Waals surface area contributed by atoms with Gasteiger partial charge in [0, 0.05) is 0 Å². The molecule has 0 saturated heterocycles. The van der Waals surface area contributed by atoms with Crippen molar-refractivity contribution in [1.82, 2.24) is 0 Å². The molecule has 0 spiro atoms. The third-order valence-corrected chi connectivity index (χ3v) is 1.22. The van der Waals surface area contributed by atoms with Crippen LogP contribution in [0.3, 0.4) is 0 Å². The van der Waals surface area contributed by atoms with Crippen LogP contribution in [0.1, 0.15) is 6.92 Å². The molecule has 0 aliphatic rings. The number of carbonyl (C=O) groups is 1. The topological polar surface area (TPSA) is 127 Å². The van der Waals surface area contributed by atoms with E-state index < -0.39 is 30.8 Å². The maximum atomic E-state index is 10.3. The van der Waals surface area contributed by atoms with Crippen LogP contribution in [0.5, 0.6) is 0 Å². The lowest BCUT2D eigenvalue weighted by Gasteiger charge is -2.20. The summed E-state index contributed by atoms with van der Waals surface area (Å²) < 4.78 is 4.24. The summed E-state index contributed by atoms with van der Waals surface area (Å²) in [5.74, 6) is -1.50. The van der Waals surface area contributed by atoms with Gasteiger partial charge in [0.15, 0.2) is 6.10 Å². The smallest absolute Gasteiger partial charge is 0.335 e. The Labute approximate surface area is 73.8 Å². The van der Waals surface area contributed by atoms with Crippen LogP contribution in [-0.4, -0.2) is 56.3 Å². The second-order valence-corrected chi connectivity index (χ2v) is 2.44. The molecule has 0 aliphatic heterocycles. The summed E-state index contributed by atoms with van der Waals surface area (Å²) >= 11 is 0. The van der Waals surface area contributed by atoms with E-state index in [2.05, 4.69) is 4.74 Å². The van der Waals surface area contributed by atoms with Crippen molar-refractivity contribution in [3.8, 4) is 0 Å². The first-order valence-electron chi connectivity index (χ1n) is 3.46. The molecule has 0 radical (unpaired) electrons. The number of aliphatic carboxylic acids is 1. The highest BCUT2D eigenvalue weighted by Crippen LogP contribution is 2.04. The molecule has 0 aromatic rings. The van der Waals surface area contributed by atoms with Gasteiger partial charge in [-0.1, -0.05) is 0 Å². The van der Waals surface area contributed by atoms with Gasteiger partial charge in [-0.15, -0.1) is 0 Å². The standard InChI is InChI=1S/C6H12O7/c1-2(7)3(4(8)9)13-6(12)5(10)11/h2-3,5-7,10-12H,1H3,(H,8,9)/t2-,3?,6+/m0/s1. The van der Waals surface area contributed by atoms with E-state index >= 15 is 0 Å². The molecule has 0 fully saturated rings. The zero-order valence-electron chi connectivity index (χ0n) is 6.86. The minimum Gasteiger partial charge on any atom is -0.479 e. The lowest BCUT2D eigenvalue weighted by molar-refractivity contribution is -0.258. The Hall–Kier alpha value is -0.730. The molecular weight excluding hydrogens is 184 g/mol. The number of aliphatic hydroxyl groups is 4. The molecule has 7 heteroatoms. The first-order chi connectivity index (χ1) is 5.86. The molecule has 13 heavy (non-hydrogen) atoms. The van der Waals surface area contributed by atoms with Crippen LogP contribution in [0.2, 0.25) is 0 Å². The van der Waals surface area contributed by atoms with Crippen LogP contribution < -0.4 is 0 Å². The third-order valence-electron chi connectivity index (χ3n) is 1.22. The number of ether oxygens (including phenoxy) is 1. The van der Waals surface area contributed by atoms with Gasteiger partial charge in [0.1, 0.15) is 0 Å². The van der Waals surface area contributed by atoms with E-state index in [0.29, 0.717) is 0 Å². The van der Waals surface area contributed by atoms with Gasteiger partial charge in [0.05, 0.1) is 6.10 Å². The van der Waals surface area contributed by atoms with Crippen molar-refractivity contribution in [2.24, 2.45) is 0 Å². The average Bonchev–Trinajstić information content (AvgIpc) is 1.97. The second-order valence-electron chi connectivity index (χ2n) is 2.44. The quantitative estimate of drug-likeness (QED) is 0.307. The van der Waals surface area contributed by atoms with Crippen molar-refractivity contribution in [1.29, 1.82) is 0 Å². The minimum absolute atomic E-state index is 1.13. The van der Waals surface area contributed by atoms with Crippen LogP contribution in [0, 0.1) is 0 Å². The van der Waals surface area contributed by atoms with E-state index in [1.807, 2.05) is 0 Å². The van der Waals surface area contributed by atoms with Gasteiger partial charge in [-0.2, -0.15) is 0 Å².